The third-order valence-electron chi connectivity index (χ3n) is 4.80. The Labute approximate surface area is 173 Å². The van der Waals surface area contributed by atoms with Gasteiger partial charge in [0.1, 0.15) is 16.9 Å². The van der Waals surface area contributed by atoms with Gasteiger partial charge < -0.3 is 11.1 Å². The highest BCUT2D eigenvalue weighted by Gasteiger charge is 2.24. The molecule has 0 atom stereocenters. The Morgan fingerprint density at radius 3 is 2.55 bits per heavy atom. The largest absolute Gasteiger partial charge is 0.384 e. The van der Waals surface area contributed by atoms with Crippen LogP contribution in [-0.4, -0.2) is 27.0 Å². The van der Waals surface area contributed by atoms with Gasteiger partial charge in [-0.05, 0) is 42.7 Å². The average molecular weight is 408 g/mol. The molecule has 0 aliphatic carbocycles. The molecule has 4 rings (SSSR count). The van der Waals surface area contributed by atoms with Crippen LogP contribution < -0.4 is 11.1 Å². The van der Waals surface area contributed by atoms with E-state index in [1.54, 1.807) is 16.7 Å². The number of carbonyl (C=O) groups is 1. The number of rotatable bonds is 5. The topological polar surface area (TPSA) is 85.8 Å². The van der Waals surface area contributed by atoms with Crippen molar-refractivity contribution in [3.05, 3.63) is 59.1 Å². The summed E-state index contributed by atoms with van der Waals surface area (Å²) in [5, 5.41) is 3.53. The number of para-hydroxylation sites is 2. The number of carbonyl (C=O) groups excluding carboxylic acids is 1. The first kappa shape index (κ1) is 19.2. The van der Waals surface area contributed by atoms with E-state index >= 15 is 0 Å². The first-order valence-electron chi connectivity index (χ1n) is 9.56. The summed E-state index contributed by atoms with van der Waals surface area (Å²) in [5.41, 5.74) is 9.97. The highest BCUT2D eigenvalue weighted by Crippen LogP contribution is 2.31. The highest BCUT2D eigenvalue weighted by molar-refractivity contribution is 6.30. The van der Waals surface area contributed by atoms with Crippen molar-refractivity contribution in [3.8, 4) is 5.69 Å². The first-order chi connectivity index (χ1) is 14.0. The van der Waals surface area contributed by atoms with Gasteiger partial charge in [-0.15, -0.1) is 0 Å². The normalized spacial score (nSPS) is 11.4. The van der Waals surface area contributed by atoms with Crippen LogP contribution >= 0.6 is 11.6 Å². The van der Waals surface area contributed by atoms with Crippen molar-refractivity contribution in [3.63, 3.8) is 0 Å². The maximum absolute atomic E-state index is 13.0. The molecule has 7 heteroatoms. The van der Waals surface area contributed by atoms with Gasteiger partial charge in [-0.2, -0.15) is 0 Å². The van der Waals surface area contributed by atoms with Crippen LogP contribution in [0.2, 0.25) is 5.02 Å². The number of halogens is 1. The fourth-order valence-electron chi connectivity index (χ4n) is 3.32. The maximum atomic E-state index is 13.0. The number of nitrogen functional groups attached to an aromatic ring is 1. The summed E-state index contributed by atoms with van der Waals surface area (Å²) in [6, 6.07) is 14.8. The molecule has 0 saturated carbocycles. The van der Waals surface area contributed by atoms with Crippen LogP contribution in [0.5, 0.6) is 0 Å². The van der Waals surface area contributed by atoms with Crippen LogP contribution in [0.3, 0.4) is 0 Å². The quantitative estimate of drug-likeness (QED) is 0.506. The summed E-state index contributed by atoms with van der Waals surface area (Å²) in [5.74, 6) is 0.530. The van der Waals surface area contributed by atoms with Gasteiger partial charge in [0, 0.05) is 11.6 Å². The van der Waals surface area contributed by atoms with Gasteiger partial charge in [-0.3, -0.25) is 9.36 Å². The van der Waals surface area contributed by atoms with Crippen LogP contribution in [-0.2, 0) is 0 Å². The van der Waals surface area contributed by atoms with Crippen molar-refractivity contribution in [1.29, 1.82) is 0 Å². The third-order valence-corrected chi connectivity index (χ3v) is 5.03. The van der Waals surface area contributed by atoms with E-state index in [9.17, 15) is 4.79 Å². The molecule has 2 aromatic carbocycles. The van der Waals surface area contributed by atoms with E-state index in [0.29, 0.717) is 45.5 Å². The maximum Gasteiger partial charge on any atom is 0.257 e. The zero-order chi connectivity index (χ0) is 20.5. The Morgan fingerprint density at radius 2 is 1.86 bits per heavy atom. The molecule has 0 radical (unpaired) electrons. The minimum Gasteiger partial charge on any atom is -0.384 e. The lowest BCUT2D eigenvalue weighted by Crippen LogP contribution is -2.26. The number of anilines is 1. The van der Waals surface area contributed by atoms with Crippen molar-refractivity contribution in [2.75, 3.05) is 12.3 Å². The second-order valence-electron chi connectivity index (χ2n) is 7.40. The van der Waals surface area contributed by atoms with E-state index in [4.69, 9.17) is 27.3 Å². The predicted molar refractivity (Wildman–Crippen MR) is 118 cm³/mol. The van der Waals surface area contributed by atoms with Gasteiger partial charge in [-0.1, -0.05) is 43.6 Å². The number of hydrogen-bond donors (Lipinski definition) is 2. The van der Waals surface area contributed by atoms with Crippen molar-refractivity contribution in [2.45, 2.75) is 20.3 Å². The number of hydrogen-bond acceptors (Lipinski definition) is 4. The molecule has 0 aliphatic rings. The SMILES string of the molecule is CC(C)CCNC(=O)c1c(N)n(-c2cccc(Cl)c2)c2nc3ccccc3nc12. The van der Waals surface area contributed by atoms with E-state index in [1.165, 1.54) is 0 Å². The number of nitrogens with two attached hydrogens (primary N) is 1. The van der Waals surface area contributed by atoms with Crippen LogP contribution in [0.1, 0.15) is 30.6 Å². The number of amides is 1. The van der Waals surface area contributed by atoms with E-state index < -0.39 is 0 Å². The smallest absolute Gasteiger partial charge is 0.257 e. The number of benzene rings is 2. The molecular weight excluding hydrogens is 386 g/mol. The molecule has 0 unspecified atom stereocenters. The molecule has 1 amide bonds. The lowest BCUT2D eigenvalue weighted by molar-refractivity contribution is 0.0954. The van der Waals surface area contributed by atoms with Crippen molar-refractivity contribution in [2.24, 2.45) is 5.92 Å². The summed E-state index contributed by atoms with van der Waals surface area (Å²) in [7, 11) is 0. The monoisotopic (exact) mass is 407 g/mol. The number of aromatic nitrogens is 3. The minimum atomic E-state index is -0.251. The molecule has 2 heterocycles. The molecular formula is C22H22ClN5O. The molecule has 6 nitrogen and oxygen atoms in total. The van der Waals surface area contributed by atoms with Crippen molar-refractivity contribution >= 4 is 45.5 Å². The Hall–Kier alpha value is -3.12. The zero-order valence-corrected chi connectivity index (χ0v) is 17.1. The summed E-state index contributed by atoms with van der Waals surface area (Å²) in [6.07, 6.45) is 0.882. The summed E-state index contributed by atoms with van der Waals surface area (Å²) in [4.78, 5) is 22.5. The van der Waals surface area contributed by atoms with Gasteiger partial charge in [-0.25, -0.2) is 9.97 Å². The number of fused-ring (bicyclic) bond motifs is 2. The second kappa shape index (κ2) is 7.72. The fourth-order valence-corrected chi connectivity index (χ4v) is 3.51. The van der Waals surface area contributed by atoms with Crippen LogP contribution in [0.4, 0.5) is 5.82 Å². The van der Waals surface area contributed by atoms with E-state index in [0.717, 1.165) is 17.6 Å². The zero-order valence-electron chi connectivity index (χ0n) is 16.3. The van der Waals surface area contributed by atoms with Gasteiger partial charge in [0.25, 0.3) is 5.91 Å². The predicted octanol–water partition coefficient (Wildman–Crippen LogP) is 4.59. The molecule has 0 spiro atoms. The lowest BCUT2D eigenvalue weighted by Gasteiger charge is -2.09. The lowest BCUT2D eigenvalue weighted by atomic mass is 10.1. The van der Waals surface area contributed by atoms with Crippen LogP contribution in [0.25, 0.3) is 27.9 Å². The molecule has 148 valence electrons. The Morgan fingerprint density at radius 1 is 1.14 bits per heavy atom. The minimum absolute atomic E-state index is 0.251. The van der Waals surface area contributed by atoms with Crippen molar-refractivity contribution in [1.82, 2.24) is 19.9 Å². The Bertz CT molecular complexity index is 1210. The Balaban J connectivity index is 1.93. The standard InChI is InChI=1S/C22H22ClN5O/c1-13(2)10-11-25-22(29)18-19-21(27-17-9-4-3-8-16(17)26-19)28(20(18)24)15-7-5-6-14(23)12-15/h3-9,12-13H,10-11,24H2,1-2H3,(H,25,29). The van der Waals surface area contributed by atoms with Gasteiger partial charge in [0.2, 0.25) is 0 Å². The van der Waals surface area contributed by atoms with Crippen LogP contribution in [0, 0.1) is 5.92 Å². The molecule has 4 aromatic rings. The average Bonchev–Trinajstić information content (AvgIpc) is 2.96. The molecule has 0 bridgehead atoms. The van der Waals surface area contributed by atoms with Crippen LogP contribution in [0.15, 0.2) is 48.5 Å². The van der Waals surface area contributed by atoms with Crippen molar-refractivity contribution < 1.29 is 4.79 Å². The highest BCUT2D eigenvalue weighted by atomic mass is 35.5. The van der Waals surface area contributed by atoms with E-state index in [1.807, 2.05) is 36.4 Å². The second-order valence-corrected chi connectivity index (χ2v) is 7.83. The summed E-state index contributed by atoms with van der Waals surface area (Å²) in [6.45, 7) is 4.80. The molecule has 29 heavy (non-hydrogen) atoms. The van der Waals surface area contributed by atoms with E-state index in [-0.39, 0.29) is 5.91 Å². The summed E-state index contributed by atoms with van der Waals surface area (Å²) >= 11 is 6.19. The van der Waals surface area contributed by atoms with Gasteiger partial charge >= 0.3 is 0 Å². The van der Waals surface area contributed by atoms with E-state index in [2.05, 4.69) is 19.2 Å². The summed E-state index contributed by atoms with van der Waals surface area (Å²) < 4.78 is 1.73. The fraction of sp³-hybridized carbons (Fsp3) is 0.227. The first-order valence-corrected chi connectivity index (χ1v) is 9.94. The Kier molecular flexibility index (Phi) is 5.11. The number of nitrogens with one attached hydrogen (secondary N) is 1. The molecule has 0 aliphatic heterocycles. The third kappa shape index (κ3) is 3.63. The number of nitrogens with zero attached hydrogens (tertiary/aromatic N) is 3. The molecule has 2 aromatic heterocycles. The molecule has 0 saturated heterocycles. The molecule has 0 fully saturated rings. The molecule has 3 N–H and O–H groups in total. The van der Waals surface area contributed by atoms with Gasteiger partial charge in [0.05, 0.1) is 16.7 Å². The van der Waals surface area contributed by atoms with Gasteiger partial charge in [0.15, 0.2) is 5.65 Å².